The normalized spacial score (nSPS) is 16.4. The van der Waals surface area contributed by atoms with Crippen molar-refractivity contribution in [1.29, 1.82) is 0 Å². The second-order valence-corrected chi connectivity index (χ2v) is 6.55. The molecule has 1 aliphatic heterocycles. The van der Waals surface area contributed by atoms with Crippen molar-refractivity contribution in [2.24, 2.45) is 5.92 Å². The smallest absolute Gasteiger partial charge is 0.0991 e. The van der Waals surface area contributed by atoms with Gasteiger partial charge in [-0.05, 0) is 54.5 Å². The van der Waals surface area contributed by atoms with E-state index in [1.54, 1.807) is 6.20 Å². The van der Waals surface area contributed by atoms with Gasteiger partial charge in [0.1, 0.15) is 0 Å². The number of thioether (sulfide) groups is 1. The lowest BCUT2D eigenvalue weighted by Crippen LogP contribution is -2.25. The molecule has 1 aromatic heterocycles. The van der Waals surface area contributed by atoms with Crippen LogP contribution in [-0.2, 0) is 6.54 Å². The molecule has 3 rings (SSSR count). The van der Waals surface area contributed by atoms with E-state index in [4.69, 9.17) is 0 Å². The van der Waals surface area contributed by atoms with E-state index in [1.807, 2.05) is 17.1 Å². The Hall–Kier alpha value is -1.26. The van der Waals surface area contributed by atoms with Gasteiger partial charge in [-0.2, -0.15) is 11.8 Å². The lowest BCUT2D eigenvalue weighted by molar-refractivity contribution is 0.447. The van der Waals surface area contributed by atoms with Crippen molar-refractivity contribution in [3.05, 3.63) is 48.5 Å². The molecule has 0 saturated carbocycles. The molecule has 3 nitrogen and oxygen atoms in total. The van der Waals surface area contributed by atoms with Gasteiger partial charge in [-0.15, -0.1) is 0 Å². The highest BCUT2D eigenvalue weighted by molar-refractivity contribution is 7.99. The molecule has 1 aliphatic rings. The van der Waals surface area contributed by atoms with Crippen LogP contribution in [0, 0.1) is 5.92 Å². The number of rotatable bonds is 5. The lowest BCUT2D eigenvalue weighted by Gasteiger charge is -2.21. The summed E-state index contributed by atoms with van der Waals surface area (Å²) in [6.07, 6.45) is 8.34. The summed E-state index contributed by atoms with van der Waals surface area (Å²) in [7, 11) is 0. The van der Waals surface area contributed by atoms with E-state index in [2.05, 4.69) is 46.3 Å². The molecule has 0 amide bonds. The maximum absolute atomic E-state index is 4.07. The highest BCUT2D eigenvalue weighted by atomic mass is 32.2. The summed E-state index contributed by atoms with van der Waals surface area (Å²) in [6, 6.07) is 8.68. The number of hydrogen-bond donors (Lipinski definition) is 1. The number of imidazole rings is 1. The van der Waals surface area contributed by atoms with Gasteiger partial charge < -0.3 is 9.88 Å². The monoisotopic (exact) mass is 287 g/mol. The molecule has 0 radical (unpaired) electrons. The topological polar surface area (TPSA) is 29.9 Å². The molecule has 0 bridgehead atoms. The second-order valence-electron chi connectivity index (χ2n) is 5.32. The van der Waals surface area contributed by atoms with Crippen molar-refractivity contribution >= 4 is 11.8 Å². The highest BCUT2D eigenvalue weighted by Gasteiger charge is 2.12. The highest BCUT2D eigenvalue weighted by Crippen LogP contribution is 2.21. The molecular weight excluding hydrogens is 266 g/mol. The average molecular weight is 287 g/mol. The minimum absolute atomic E-state index is 0.876. The van der Waals surface area contributed by atoms with E-state index in [0.717, 1.165) is 24.7 Å². The van der Waals surface area contributed by atoms with Crippen molar-refractivity contribution in [1.82, 2.24) is 14.9 Å². The van der Waals surface area contributed by atoms with E-state index in [9.17, 15) is 0 Å². The molecule has 20 heavy (non-hydrogen) atoms. The van der Waals surface area contributed by atoms with Crippen molar-refractivity contribution in [3.8, 4) is 5.69 Å². The summed E-state index contributed by atoms with van der Waals surface area (Å²) < 4.78 is 2.02. The zero-order chi connectivity index (χ0) is 13.6. The van der Waals surface area contributed by atoms with Crippen LogP contribution in [0.1, 0.15) is 18.4 Å². The quantitative estimate of drug-likeness (QED) is 0.916. The molecule has 2 heterocycles. The van der Waals surface area contributed by atoms with Crippen molar-refractivity contribution < 1.29 is 0 Å². The second kappa shape index (κ2) is 6.95. The molecule has 106 valence electrons. The van der Waals surface area contributed by atoms with E-state index >= 15 is 0 Å². The minimum Gasteiger partial charge on any atom is -0.312 e. The summed E-state index contributed by atoms with van der Waals surface area (Å²) in [5, 5.41) is 3.60. The SMILES string of the molecule is c1cn(-c2ccc(CNCC3CCSCC3)cc2)cn1. The Morgan fingerprint density at radius 3 is 2.70 bits per heavy atom. The Morgan fingerprint density at radius 1 is 1.20 bits per heavy atom. The Morgan fingerprint density at radius 2 is 2.00 bits per heavy atom. The third-order valence-corrected chi connectivity index (χ3v) is 4.89. The maximum Gasteiger partial charge on any atom is 0.0991 e. The standard InChI is InChI=1S/C16H21N3S/c1-3-16(19-8-7-17-13-19)4-2-14(1)11-18-12-15-5-9-20-10-6-15/h1-4,7-8,13,15,18H,5-6,9-12H2. The molecule has 0 atom stereocenters. The summed E-state index contributed by atoms with van der Waals surface area (Å²) in [5.41, 5.74) is 2.51. The predicted octanol–water partition coefficient (Wildman–Crippen LogP) is 3.11. The zero-order valence-corrected chi connectivity index (χ0v) is 12.5. The first-order valence-electron chi connectivity index (χ1n) is 7.27. The summed E-state index contributed by atoms with van der Waals surface area (Å²) in [5.74, 6) is 3.55. The van der Waals surface area contributed by atoms with Crippen LogP contribution >= 0.6 is 11.8 Å². The molecule has 1 N–H and O–H groups in total. The minimum atomic E-state index is 0.876. The fourth-order valence-corrected chi connectivity index (χ4v) is 3.77. The fourth-order valence-electron chi connectivity index (χ4n) is 2.57. The van der Waals surface area contributed by atoms with E-state index in [-0.39, 0.29) is 0 Å². The van der Waals surface area contributed by atoms with Crippen LogP contribution < -0.4 is 5.32 Å². The first-order chi connectivity index (χ1) is 9.92. The molecule has 4 heteroatoms. The van der Waals surface area contributed by atoms with Crippen molar-refractivity contribution in [2.45, 2.75) is 19.4 Å². The number of hydrogen-bond acceptors (Lipinski definition) is 3. The van der Waals surface area contributed by atoms with Gasteiger partial charge in [0.15, 0.2) is 0 Å². The Bertz CT molecular complexity index is 501. The lowest BCUT2D eigenvalue weighted by atomic mass is 10.0. The summed E-state index contributed by atoms with van der Waals surface area (Å²) >= 11 is 2.09. The summed E-state index contributed by atoms with van der Waals surface area (Å²) in [6.45, 7) is 2.12. The molecule has 1 saturated heterocycles. The van der Waals surface area contributed by atoms with Crippen LogP contribution in [0.4, 0.5) is 0 Å². The Labute approximate surface area is 124 Å². The van der Waals surface area contributed by atoms with Gasteiger partial charge >= 0.3 is 0 Å². The van der Waals surface area contributed by atoms with Gasteiger partial charge in [0.2, 0.25) is 0 Å². The van der Waals surface area contributed by atoms with Gasteiger partial charge in [-0.25, -0.2) is 4.98 Å². The zero-order valence-electron chi connectivity index (χ0n) is 11.7. The number of aromatic nitrogens is 2. The van der Waals surface area contributed by atoms with E-state index < -0.39 is 0 Å². The van der Waals surface area contributed by atoms with Gasteiger partial charge in [-0.3, -0.25) is 0 Å². The van der Waals surface area contributed by atoms with Crippen LogP contribution in [-0.4, -0.2) is 27.6 Å². The first-order valence-corrected chi connectivity index (χ1v) is 8.43. The van der Waals surface area contributed by atoms with Crippen molar-refractivity contribution in [3.63, 3.8) is 0 Å². The predicted molar refractivity (Wildman–Crippen MR) is 85.3 cm³/mol. The number of benzene rings is 1. The Kier molecular flexibility index (Phi) is 4.77. The van der Waals surface area contributed by atoms with Crippen LogP contribution in [0.2, 0.25) is 0 Å². The van der Waals surface area contributed by atoms with Crippen molar-refractivity contribution in [2.75, 3.05) is 18.1 Å². The molecule has 0 spiro atoms. The molecular formula is C16H21N3S. The average Bonchev–Trinajstić information content (AvgIpc) is 3.03. The molecule has 2 aromatic rings. The van der Waals surface area contributed by atoms with Gasteiger partial charge in [-0.1, -0.05) is 12.1 Å². The largest absolute Gasteiger partial charge is 0.312 e. The molecule has 1 fully saturated rings. The third kappa shape index (κ3) is 3.64. The number of nitrogens with zero attached hydrogens (tertiary/aromatic N) is 2. The van der Waals surface area contributed by atoms with E-state index in [1.165, 1.54) is 29.9 Å². The van der Waals surface area contributed by atoms with Crippen LogP contribution in [0.25, 0.3) is 5.69 Å². The van der Waals surface area contributed by atoms with E-state index in [0.29, 0.717) is 0 Å². The Balaban J connectivity index is 1.48. The van der Waals surface area contributed by atoms with Gasteiger partial charge in [0, 0.05) is 24.6 Å². The maximum atomic E-state index is 4.07. The van der Waals surface area contributed by atoms with Gasteiger partial charge in [0.25, 0.3) is 0 Å². The first kappa shape index (κ1) is 13.7. The molecule has 0 aliphatic carbocycles. The third-order valence-electron chi connectivity index (χ3n) is 3.84. The van der Waals surface area contributed by atoms with Gasteiger partial charge in [0.05, 0.1) is 6.33 Å². The van der Waals surface area contributed by atoms with Crippen LogP contribution in [0.15, 0.2) is 43.0 Å². The van der Waals surface area contributed by atoms with Crippen LogP contribution in [0.3, 0.4) is 0 Å². The molecule has 1 aromatic carbocycles. The molecule has 0 unspecified atom stereocenters. The fraction of sp³-hybridized carbons (Fsp3) is 0.438. The number of nitrogens with one attached hydrogen (secondary N) is 1. The summed E-state index contributed by atoms with van der Waals surface area (Å²) in [4.78, 5) is 4.07. The van der Waals surface area contributed by atoms with Crippen LogP contribution in [0.5, 0.6) is 0 Å².